The molecule has 0 unspecified atom stereocenters. The first-order valence-corrected chi connectivity index (χ1v) is 7.43. The third-order valence-electron chi connectivity index (χ3n) is 4.02. The summed E-state index contributed by atoms with van der Waals surface area (Å²) in [6, 6.07) is 0. The SMILES string of the molecule is CCCOC(=O)N1CCC(CN2CCCC2)CC1. The fraction of sp³-hybridized carbons (Fsp3) is 0.929. The third kappa shape index (κ3) is 3.87. The monoisotopic (exact) mass is 254 g/mol. The van der Waals surface area contributed by atoms with Gasteiger partial charge in [-0.2, -0.15) is 0 Å². The van der Waals surface area contributed by atoms with Crippen molar-refractivity contribution in [2.24, 2.45) is 5.92 Å². The van der Waals surface area contributed by atoms with Gasteiger partial charge < -0.3 is 14.5 Å². The number of carbonyl (C=O) groups excluding carboxylic acids is 1. The summed E-state index contributed by atoms with van der Waals surface area (Å²) in [6.07, 6.45) is 5.79. The summed E-state index contributed by atoms with van der Waals surface area (Å²) in [5.74, 6) is 0.776. The van der Waals surface area contributed by atoms with Crippen molar-refractivity contribution in [3.05, 3.63) is 0 Å². The zero-order valence-electron chi connectivity index (χ0n) is 11.6. The minimum absolute atomic E-state index is 0.114. The number of hydrogen-bond donors (Lipinski definition) is 0. The molecule has 0 bridgehead atoms. The highest BCUT2D eigenvalue weighted by Crippen LogP contribution is 2.21. The van der Waals surface area contributed by atoms with E-state index in [-0.39, 0.29) is 6.09 Å². The lowest BCUT2D eigenvalue weighted by Gasteiger charge is -2.33. The second-order valence-corrected chi connectivity index (χ2v) is 5.55. The first-order chi connectivity index (χ1) is 8.79. The fourth-order valence-corrected chi connectivity index (χ4v) is 2.91. The van der Waals surface area contributed by atoms with Crippen LogP contribution < -0.4 is 0 Å². The number of amides is 1. The molecule has 2 saturated heterocycles. The molecule has 0 aromatic carbocycles. The Kier molecular flexibility index (Phi) is 5.29. The predicted molar refractivity (Wildman–Crippen MR) is 71.6 cm³/mol. The Morgan fingerprint density at radius 1 is 1.17 bits per heavy atom. The minimum atomic E-state index is -0.114. The highest BCUT2D eigenvalue weighted by Gasteiger charge is 2.25. The van der Waals surface area contributed by atoms with E-state index in [1.807, 2.05) is 11.8 Å². The second kappa shape index (κ2) is 6.98. The molecule has 104 valence electrons. The number of carbonyl (C=O) groups is 1. The summed E-state index contributed by atoms with van der Waals surface area (Å²) < 4.78 is 5.18. The van der Waals surface area contributed by atoms with E-state index in [1.54, 1.807) is 0 Å². The van der Waals surface area contributed by atoms with E-state index < -0.39 is 0 Å². The average Bonchev–Trinajstić information content (AvgIpc) is 2.89. The van der Waals surface area contributed by atoms with Crippen LogP contribution in [0.15, 0.2) is 0 Å². The molecule has 1 amide bonds. The molecule has 0 aromatic heterocycles. The molecule has 4 heteroatoms. The molecule has 2 rings (SSSR count). The number of rotatable bonds is 4. The van der Waals surface area contributed by atoms with E-state index in [2.05, 4.69) is 4.90 Å². The Hall–Kier alpha value is -0.770. The lowest BCUT2D eigenvalue weighted by molar-refractivity contribution is 0.0836. The molecule has 18 heavy (non-hydrogen) atoms. The maximum atomic E-state index is 11.7. The largest absolute Gasteiger partial charge is 0.449 e. The molecule has 0 saturated carbocycles. The van der Waals surface area contributed by atoms with Crippen LogP contribution in [0.4, 0.5) is 4.79 Å². The fourth-order valence-electron chi connectivity index (χ4n) is 2.91. The summed E-state index contributed by atoms with van der Waals surface area (Å²) in [5.41, 5.74) is 0. The van der Waals surface area contributed by atoms with Gasteiger partial charge in [-0.05, 0) is 51.1 Å². The molecule has 0 radical (unpaired) electrons. The first kappa shape index (κ1) is 13.7. The maximum Gasteiger partial charge on any atom is 0.409 e. The lowest BCUT2D eigenvalue weighted by Crippen LogP contribution is -2.41. The van der Waals surface area contributed by atoms with E-state index in [9.17, 15) is 4.79 Å². The highest BCUT2D eigenvalue weighted by molar-refractivity contribution is 5.67. The first-order valence-electron chi connectivity index (χ1n) is 7.43. The molecule has 2 aliphatic rings. The Labute approximate surface area is 110 Å². The van der Waals surface area contributed by atoms with Crippen molar-refractivity contribution in [3.63, 3.8) is 0 Å². The van der Waals surface area contributed by atoms with Crippen molar-refractivity contribution in [3.8, 4) is 0 Å². The van der Waals surface area contributed by atoms with Crippen LogP contribution in [0.1, 0.15) is 39.0 Å². The van der Waals surface area contributed by atoms with E-state index in [0.717, 1.165) is 38.3 Å². The summed E-state index contributed by atoms with van der Waals surface area (Å²) in [4.78, 5) is 16.2. The van der Waals surface area contributed by atoms with Gasteiger partial charge in [-0.3, -0.25) is 0 Å². The Bertz CT molecular complexity index is 257. The molecular formula is C14H26N2O2. The van der Waals surface area contributed by atoms with E-state index >= 15 is 0 Å². The van der Waals surface area contributed by atoms with Gasteiger partial charge in [-0.15, -0.1) is 0 Å². The standard InChI is InChI=1S/C14H26N2O2/c1-2-11-18-14(17)16-9-5-13(6-10-16)12-15-7-3-4-8-15/h13H,2-12H2,1H3. The van der Waals surface area contributed by atoms with Crippen molar-refractivity contribution in [2.45, 2.75) is 39.0 Å². The van der Waals surface area contributed by atoms with Gasteiger partial charge in [0.25, 0.3) is 0 Å². The summed E-state index contributed by atoms with van der Waals surface area (Å²) in [6.45, 7) is 8.11. The van der Waals surface area contributed by atoms with Crippen LogP contribution >= 0.6 is 0 Å². The molecule has 2 fully saturated rings. The lowest BCUT2D eigenvalue weighted by atomic mass is 9.96. The maximum absolute atomic E-state index is 11.7. The van der Waals surface area contributed by atoms with Crippen LogP contribution in [0.5, 0.6) is 0 Å². The van der Waals surface area contributed by atoms with Crippen LogP contribution in [-0.4, -0.2) is 55.2 Å². The van der Waals surface area contributed by atoms with E-state index in [1.165, 1.54) is 32.5 Å². The van der Waals surface area contributed by atoms with Crippen LogP contribution in [0, 0.1) is 5.92 Å². The van der Waals surface area contributed by atoms with Gasteiger partial charge in [0.1, 0.15) is 0 Å². The Balaban J connectivity index is 1.65. The number of ether oxygens (including phenoxy) is 1. The molecular weight excluding hydrogens is 228 g/mol. The van der Waals surface area contributed by atoms with Crippen molar-refractivity contribution in [2.75, 3.05) is 39.3 Å². The van der Waals surface area contributed by atoms with Crippen LogP contribution in [-0.2, 0) is 4.74 Å². The van der Waals surface area contributed by atoms with Crippen LogP contribution in [0.2, 0.25) is 0 Å². The molecule has 0 atom stereocenters. The molecule has 0 aromatic rings. The van der Waals surface area contributed by atoms with Crippen molar-refractivity contribution >= 4 is 6.09 Å². The van der Waals surface area contributed by atoms with Crippen LogP contribution in [0.25, 0.3) is 0 Å². The van der Waals surface area contributed by atoms with Crippen LogP contribution in [0.3, 0.4) is 0 Å². The molecule has 0 aliphatic carbocycles. The van der Waals surface area contributed by atoms with E-state index in [4.69, 9.17) is 4.74 Å². The predicted octanol–water partition coefficient (Wildman–Crippen LogP) is 2.34. The average molecular weight is 254 g/mol. The normalized spacial score (nSPS) is 22.4. The van der Waals surface area contributed by atoms with Crippen molar-refractivity contribution in [1.82, 2.24) is 9.80 Å². The summed E-state index contributed by atoms with van der Waals surface area (Å²) in [7, 11) is 0. The van der Waals surface area contributed by atoms with Gasteiger partial charge in [0, 0.05) is 19.6 Å². The smallest absolute Gasteiger partial charge is 0.409 e. The molecule has 2 heterocycles. The minimum Gasteiger partial charge on any atom is -0.449 e. The third-order valence-corrected chi connectivity index (χ3v) is 4.02. The van der Waals surface area contributed by atoms with Gasteiger partial charge >= 0.3 is 6.09 Å². The summed E-state index contributed by atoms with van der Waals surface area (Å²) in [5, 5.41) is 0. The quantitative estimate of drug-likeness (QED) is 0.772. The zero-order chi connectivity index (χ0) is 12.8. The topological polar surface area (TPSA) is 32.8 Å². The molecule has 0 spiro atoms. The van der Waals surface area contributed by atoms with Gasteiger partial charge in [0.15, 0.2) is 0 Å². The van der Waals surface area contributed by atoms with Gasteiger partial charge in [-0.1, -0.05) is 6.92 Å². The van der Waals surface area contributed by atoms with E-state index in [0.29, 0.717) is 6.61 Å². The number of hydrogen-bond acceptors (Lipinski definition) is 3. The Morgan fingerprint density at radius 3 is 2.44 bits per heavy atom. The molecule has 4 nitrogen and oxygen atoms in total. The number of piperidine rings is 1. The zero-order valence-corrected chi connectivity index (χ0v) is 11.6. The van der Waals surface area contributed by atoms with Gasteiger partial charge in [-0.25, -0.2) is 4.79 Å². The summed E-state index contributed by atoms with van der Waals surface area (Å²) >= 11 is 0. The highest BCUT2D eigenvalue weighted by atomic mass is 16.6. The second-order valence-electron chi connectivity index (χ2n) is 5.55. The van der Waals surface area contributed by atoms with Gasteiger partial charge in [0.05, 0.1) is 6.61 Å². The number of nitrogens with zero attached hydrogens (tertiary/aromatic N) is 2. The molecule has 0 N–H and O–H groups in total. The Morgan fingerprint density at radius 2 is 1.83 bits per heavy atom. The molecule has 2 aliphatic heterocycles. The van der Waals surface area contributed by atoms with Crippen molar-refractivity contribution in [1.29, 1.82) is 0 Å². The van der Waals surface area contributed by atoms with Crippen molar-refractivity contribution < 1.29 is 9.53 Å². The van der Waals surface area contributed by atoms with Gasteiger partial charge in [0.2, 0.25) is 0 Å². The number of likely N-dealkylation sites (tertiary alicyclic amines) is 2.